The largest absolute Gasteiger partial charge is 0.261 e. The molecular formula is C33H24N4. The molecule has 2 heterocycles. The number of benzene rings is 4. The molecule has 0 unspecified atom stereocenters. The van der Waals surface area contributed by atoms with Crippen molar-refractivity contribution in [1.82, 2.24) is 19.9 Å². The lowest BCUT2D eigenvalue weighted by Gasteiger charge is -2.12. The fraction of sp³-hybridized carbons (Fsp3) is 0.0303. The van der Waals surface area contributed by atoms with E-state index in [1.165, 1.54) is 0 Å². The van der Waals surface area contributed by atoms with Crippen molar-refractivity contribution >= 4 is 0 Å². The van der Waals surface area contributed by atoms with Gasteiger partial charge in [0.15, 0.2) is 17.5 Å². The molecule has 2 aromatic heterocycles. The van der Waals surface area contributed by atoms with Crippen LogP contribution in [0, 0.1) is 6.92 Å². The van der Waals surface area contributed by atoms with Crippen molar-refractivity contribution < 1.29 is 0 Å². The predicted molar refractivity (Wildman–Crippen MR) is 150 cm³/mol. The Labute approximate surface area is 216 Å². The van der Waals surface area contributed by atoms with Crippen LogP contribution in [0.3, 0.4) is 0 Å². The summed E-state index contributed by atoms with van der Waals surface area (Å²) in [5.74, 6) is 1.94. The van der Waals surface area contributed by atoms with Crippen LogP contribution in [0.2, 0.25) is 0 Å². The van der Waals surface area contributed by atoms with E-state index in [9.17, 15) is 0 Å². The molecule has 4 heteroatoms. The van der Waals surface area contributed by atoms with E-state index in [0.29, 0.717) is 17.5 Å². The lowest BCUT2D eigenvalue weighted by Crippen LogP contribution is -2.01. The maximum Gasteiger partial charge on any atom is 0.164 e. The second kappa shape index (κ2) is 9.96. The summed E-state index contributed by atoms with van der Waals surface area (Å²) in [6, 6.07) is 41.1. The number of pyridine rings is 1. The van der Waals surface area contributed by atoms with Gasteiger partial charge in [0.25, 0.3) is 0 Å². The van der Waals surface area contributed by atoms with E-state index in [1.807, 2.05) is 79.9 Å². The molecule has 0 saturated carbocycles. The first-order chi connectivity index (χ1) is 18.2. The minimum absolute atomic E-state index is 0.639. The van der Waals surface area contributed by atoms with Gasteiger partial charge in [-0.05, 0) is 29.7 Å². The molecule has 0 aliphatic heterocycles. The molecule has 4 aromatic carbocycles. The fourth-order valence-electron chi connectivity index (χ4n) is 4.34. The highest BCUT2D eigenvalue weighted by Gasteiger charge is 2.15. The van der Waals surface area contributed by atoms with Gasteiger partial charge in [0.1, 0.15) is 0 Å². The van der Waals surface area contributed by atoms with E-state index >= 15 is 0 Å². The minimum Gasteiger partial charge on any atom is -0.261 e. The average molecular weight is 477 g/mol. The molecule has 0 amide bonds. The monoisotopic (exact) mass is 476 g/mol. The van der Waals surface area contributed by atoms with Gasteiger partial charge in [-0.25, -0.2) is 15.0 Å². The number of aromatic nitrogens is 4. The average Bonchev–Trinajstić information content (AvgIpc) is 2.98. The van der Waals surface area contributed by atoms with E-state index < -0.39 is 0 Å². The molecule has 0 aliphatic rings. The molecule has 0 bridgehead atoms. The van der Waals surface area contributed by atoms with E-state index in [4.69, 9.17) is 15.0 Å². The van der Waals surface area contributed by atoms with Gasteiger partial charge < -0.3 is 0 Å². The summed E-state index contributed by atoms with van der Waals surface area (Å²) in [7, 11) is 0. The van der Waals surface area contributed by atoms with Gasteiger partial charge in [-0.1, -0.05) is 115 Å². The molecular weight excluding hydrogens is 452 g/mol. The Balaban J connectivity index is 1.48. The summed E-state index contributed by atoms with van der Waals surface area (Å²) < 4.78 is 0. The van der Waals surface area contributed by atoms with Crippen molar-refractivity contribution in [3.05, 3.63) is 133 Å². The SMILES string of the molecule is Cc1ccc(-c2ccc(-c3nc(-c4ccccc4)nc(-c4ccccc4-c4ccccc4)n3)cc2)cn1. The van der Waals surface area contributed by atoms with E-state index in [-0.39, 0.29) is 0 Å². The lowest BCUT2D eigenvalue weighted by molar-refractivity contribution is 1.07. The quantitative estimate of drug-likeness (QED) is 0.254. The Hall–Kier alpha value is -4.96. The summed E-state index contributed by atoms with van der Waals surface area (Å²) >= 11 is 0. The van der Waals surface area contributed by atoms with Gasteiger partial charge in [-0.2, -0.15) is 0 Å². The minimum atomic E-state index is 0.639. The van der Waals surface area contributed by atoms with E-state index in [2.05, 4.69) is 59.6 Å². The highest BCUT2D eigenvalue weighted by molar-refractivity contribution is 5.81. The first-order valence-corrected chi connectivity index (χ1v) is 12.2. The summed E-state index contributed by atoms with van der Waals surface area (Å²) in [6.45, 7) is 1.99. The number of hydrogen-bond acceptors (Lipinski definition) is 4. The maximum absolute atomic E-state index is 4.97. The molecule has 0 atom stereocenters. The molecule has 176 valence electrons. The third-order valence-corrected chi connectivity index (χ3v) is 6.31. The first-order valence-electron chi connectivity index (χ1n) is 12.2. The fourth-order valence-corrected chi connectivity index (χ4v) is 4.34. The van der Waals surface area contributed by atoms with Crippen LogP contribution >= 0.6 is 0 Å². The summed E-state index contributed by atoms with van der Waals surface area (Å²) in [4.78, 5) is 19.2. The lowest BCUT2D eigenvalue weighted by atomic mass is 9.99. The van der Waals surface area contributed by atoms with Crippen LogP contribution in [0.1, 0.15) is 5.69 Å². The number of hydrogen-bond donors (Lipinski definition) is 0. The third-order valence-electron chi connectivity index (χ3n) is 6.31. The molecule has 0 fully saturated rings. The molecule has 0 saturated heterocycles. The Kier molecular flexibility index (Phi) is 6.05. The van der Waals surface area contributed by atoms with Crippen LogP contribution in [-0.2, 0) is 0 Å². The van der Waals surface area contributed by atoms with E-state index in [0.717, 1.165) is 44.6 Å². The molecule has 0 radical (unpaired) electrons. The van der Waals surface area contributed by atoms with Gasteiger partial charge >= 0.3 is 0 Å². The van der Waals surface area contributed by atoms with Crippen molar-refractivity contribution in [2.24, 2.45) is 0 Å². The summed E-state index contributed by atoms with van der Waals surface area (Å²) in [5.41, 5.74) is 8.24. The number of nitrogens with zero attached hydrogens (tertiary/aromatic N) is 4. The molecule has 37 heavy (non-hydrogen) atoms. The Morgan fingerprint density at radius 2 is 0.865 bits per heavy atom. The zero-order valence-corrected chi connectivity index (χ0v) is 20.4. The first kappa shape index (κ1) is 22.5. The molecule has 6 rings (SSSR count). The molecule has 6 aromatic rings. The second-order valence-corrected chi connectivity index (χ2v) is 8.85. The summed E-state index contributed by atoms with van der Waals surface area (Å²) in [5, 5.41) is 0. The zero-order valence-electron chi connectivity index (χ0n) is 20.4. The highest BCUT2D eigenvalue weighted by Crippen LogP contribution is 2.32. The Morgan fingerprint density at radius 3 is 1.49 bits per heavy atom. The Bertz CT molecular complexity index is 1640. The normalized spacial score (nSPS) is 10.8. The van der Waals surface area contributed by atoms with Crippen molar-refractivity contribution in [3.8, 4) is 56.4 Å². The molecule has 0 aliphatic carbocycles. The van der Waals surface area contributed by atoms with Gasteiger partial charge in [-0.15, -0.1) is 0 Å². The topological polar surface area (TPSA) is 51.6 Å². The van der Waals surface area contributed by atoms with Crippen LogP contribution in [0.25, 0.3) is 56.4 Å². The number of aryl methyl sites for hydroxylation is 1. The van der Waals surface area contributed by atoms with Crippen molar-refractivity contribution in [1.29, 1.82) is 0 Å². The molecule has 0 N–H and O–H groups in total. The van der Waals surface area contributed by atoms with Crippen molar-refractivity contribution in [2.75, 3.05) is 0 Å². The second-order valence-electron chi connectivity index (χ2n) is 8.85. The zero-order chi connectivity index (χ0) is 25.0. The smallest absolute Gasteiger partial charge is 0.164 e. The predicted octanol–water partition coefficient (Wildman–Crippen LogP) is 7.91. The van der Waals surface area contributed by atoms with Crippen LogP contribution in [0.4, 0.5) is 0 Å². The van der Waals surface area contributed by atoms with E-state index in [1.54, 1.807) is 0 Å². The van der Waals surface area contributed by atoms with Crippen LogP contribution in [0.5, 0.6) is 0 Å². The highest BCUT2D eigenvalue weighted by atomic mass is 15.0. The molecule has 0 spiro atoms. The van der Waals surface area contributed by atoms with Gasteiger partial charge in [-0.3, -0.25) is 4.98 Å². The summed E-state index contributed by atoms with van der Waals surface area (Å²) in [6.07, 6.45) is 1.90. The van der Waals surface area contributed by atoms with Crippen molar-refractivity contribution in [3.63, 3.8) is 0 Å². The maximum atomic E-state index is 4.97. The van der Waals surface area contributed by atoms with Crippen molar-refractivity contribution in [2.45, 2.75) is 6.92 Å². The van der Waals surface area contributed by atoms with Crippen LogP contribution in [-0.4, -0.2) is 19.9 Å². The third kappa shape index (κ3) is 4.78. The van der Waals surface area contributed by atoms with Gasteiger partial charge in [0.2, 0.25) is 0 Å². The molecule has 4 nitrogen and oxygen atoms in total. The van der Waals surface area contributed by atoms with Gasteiger partial charge in [0.05, 0.1) is 0 Å². The Morgan fingerprint density at radius 1 is 0.378 bits per heavy atom. The van der Waals surface area contributed by atoms with Gasteiger partial charge in [0, 0.05) is 34.1 Å². The van der Waals surface area contributed by atoms with Crippen LogP contribution < -0.4 is 0 Å². The van der Waals surface area contributed by atoms with Crippen LogP contribution in [0.15, 0.2) is 128 Å². The standard InChI is InChI=1S/C33H24N4/c1-23-16-17-28(22-34-23)24-18-20-27(21-19-24)32-35-31(26-12-6-3-7-13-26)36-33(37-32)30-15-9-8-14-29(30)25-10-4-2-5-11-25/h2-22H,1H3. The number of rotatable bonds is 5.